The molecular formula is C24H29N5O3. The molecule has 4 N–H and O–H groups in total. The fraction of sp³-hybridized carbons (Fsp3) is 0.458. The van der Waals surface area contributed by atoms with Crippen LogP contribution < -0.4 is 11.5 Å². The van der Waals surface area contributed by atoms with Crippen LogP contribution in [0.25, 0.3) is 11.3 Å². The number of nitrogens with zero attached hydrogens (tertiary/aromatic N) is 3. The molecule has 1 saturated carbocycles. The summed E-state index contributed by atoms with van der Waals surface area (Å²) in [7, 11) is 1.64. The molecule has 1 spiro atoms. The monoisotopic (exact) mass is 435 g/mol. The summed E-state index contributed by atoms with van der Waals surface area (Å²) < 4.78 is 6.90. The quantitative estimate of drug-likeness (QED) is 0.699. The number of ether oxygens (including phenoxy) is 1. The second kappa shape index (κ2) is 8.67. The predicted molar refractivity (Wildman–Crippen MR) is 121 cm³/mol. The second-order valence-corrected chi connectivity index (χ2v) is 8.81. The van der Waals surface area contributed by atoms with E-state index in [0.717, 1.165) is 43.4 Å². The molecule has 0 unspecified atom stereocenters. The summed E-state index contributed by atoms with van der Waals surface area (Å²) in [5.74, 6) is 4.94. The number of hydrogen-bond acceptors (Lipinski definition) is 5. The van der Waals surface area contributed by atoms with E-state index >= 15 is 0 Å². The zero-order valence-electron chi connectivity index (χ0n) is 18.6. The van der Waals surface area contributed by atoms with E-state index in [-0.39, 0.29) is 22.9 Å². The van der Waals surface area contributed by atoms with E-state index in [0.29, 0.717) is 24.7 Å². The zero-order chi connectivity index (χ0) is 22.9. The van der Waals surface area contributed by atoms with Crippen molar-refractivity contribution < 1.29 is 14.3 Å². The number of benzene rings is 1. The van der Waals surface area contributed by atoms with Gasteiger partial charge in [-0.3, -0.25) is 9.59 Å². The maximum absolute atomic E-state index is 12.2. The molecule has 1 aliphatic heterocycles. The van der Waals surface area contributed by atoms with Crippen molar-refractivity contribution in [1.29, 1.82) is 0 Å². The van der Waals surface area contributed by atoms with Crippen molar-refractivity contribution in [2.45, 2.75) is 45.3 Å². The number of piperidine rings is 1. The minimum atomic E-state index is -0.591. The molecule has 2 fully saturated rings. The van der Waals surface area contributed by atoms with Crippen LogP contribution in [0.4, 0.5) is 5.82 Å². The van der Waals surface area contributed by atoms with Crippen LogP contribution in [0, 0.1) is 17.3 Å². The van der Waals surface area contributed by atoms with Gasteiger partial charge < -0.3 is 21.1 Å². The lowest BCUT2D eigenvalue weighted by molar-refractivity contribution is -0.131. The Kier molecular flexibility index (Phi) is 5.94. The van der Waals surface area contributed by atoms with Gasteiger partial charge in [0.05, 0.1) is 12.6 Å². The van der Waals surface area contributed by atoms with Crippen molar-refractivity contribution in [3.05, 3.63) is 35.4 Å². The maximum atomic E-state index is 12.2. The fourth-order valence-electron chi connectivity index (χ4n) is 5.11. The molecule has 2 amide bonds. The number of anilines is 1. The molecule has 4 rings (SSSR count). The van der Waals surface area contributed by atoms with Crippen LogP contribution in [0.5, 0.6) is 0 Å². The molecule has 2 aromatic rings. The molecule has 1 aliphatic carbocycles. The van der Waals surface area contributed by atoms with Crippen LogP contribution in [0.3, 0.4) is 0 Å². The summed E-state index contributed by atoms with van der Waals surface area (Å²) >= 11 is 0. The lowest BCUT2D eigenvalue weighted by Crippen LogP contribution is -2.52. The number of aromatic nitrogens is 2. The topological polar surface area (TPSA) is 116 Å². The van der Waals surface area contributed by atoms with Gasteiger partial charge >= 0.3 is 0 Å². The van der Waals surface area contributed by atoms with E-state index in [4.69, 9.17) is 21.3 Å². The summed E-state index contributed by atoms with van der Waals surface area (Å²) in [6, 6.07) is 7.73. The van der Waals surface area contributed by atoms with E-state index in [1.165, 1.54) is 0 Å². The van der Waals surface area contributed by atoms with Crippen LogP contribution >= 0.6 is 0 Å². The molecule has 1 aromatic carbocycles. The van der Waals surface area contributed by atoms with Gasteiger partial charge in [0.1, 0.15) is 17.1 Å². The number of likely N-dealkylation sites (tertiary alicyclic amines) is 1. The average Bonchev–Trinajstić information content (AvgIpc) is 3.10. The van der Waals surface area contributed by atoms with Crippen LogP contribution in [0.1, 0.15) is 54.6 Å². The molecule has 8 heteroatoms. The summed E-state index contributed by atoms with van der Waals surface area (Å²) in [6.45, 7) is 3.64. The van der Waals surface area contributed by atoms with Gasteiger partial charge in [-0.05, 0) is 49.5 Å². The second-order valence-electron chi connectivity index (χ2n) is 8.81. The maximum Gasteiger partial charge on any atom is 0.298 e. The number of nitrogen functional groups attached to an aromatic ring is 1. The first kappa shape index (κ1) is 21.9. The van der Waals surface area contributed by atoms with Gasteiger partial charge in [0.25, 0.3) is 11.8 Å². The van der Waals surface area contributed by atoms with E-state index in [9.17, 15) is 9.59 Å². The van der Waals surface area contributed by atoms with Gasteiger partial charge in [-0.15, -0.1) is 0 Å². The summed E-state index contributed by atoms with van der Waals surface area (Å²) in [5, 5.41) is 4.72. The number of hydrogen-bond donors (Lipinski definition) is 2. The van der Waals surface area contributed by atoms with Crippen LogP contribution in [0.15, 0.2) is 24.3 Å². The largest absolute Gasteiger partial charge is 0.383 e. The minimum Gasteiger partial charge on any atom is -0.383 e. The third kappa shape index (κ3) is 3.96. The molecular weight excluding hydrogens is 406 g/mol. The number of amides is 2. The zero-order valence-corrected chi connectivity index (χ0v) is 18.6. The molecule has 0 atom stereocenters. The molecule has 0 radical (unpaired) electrons. The molecule has 0 bridgehead atoms. The molecule has 8 nitrogen and oxygen atoms in total. The molecule has 2 aliphatic rings. The summed E-state index contributed by atoms with van der Waals surface area (Å²) in [6.07, 6.45) is 3.73. The number of nitrogens with two attached hydrogens (primary N) is 2. The Morgan fingerprint density at radius 1 is 1.28 bits per heavy atom. The first-order valence-corrected chi connectivity index (χ1v) is 10.8. The molecule has 2 heterocycles. The van der Waals surface area contributed by atoms with Gasteiger partial charge in [-0.25, -0.2) is 4.68 Å². The predicted octanol–water partition coefficient (Wildman–Crippen LogP) is 2.34. The minimum absolute atomic E-state index is 0.0568. The van der Waals surface area contributed by atoms with Gasteiger partial charge in [0.2, 0.25) is 0 Å². The van der Waals surface area contributed by atoms with Crippen molar-refractivity contribution in [3.8, 4) is 23.1 Å². The van der Waals surface area contributed by atoms with Crippen molar-refractivity contribution in [2.24, 2.45) is 11.1 Å². The molecule has 32 heavy (non-hydrogen) atoms. The first-order chi connectivity index (χ1) is 15.4. The third-order valence-corrected chi connectivity index (χ3v) is 6.60. The van der Waals surface area contributed by atoms with E-state index < -0.39 is 5.91 Å². The highest BCUT2D eigenvalue weighted by molar-refractivity contribution is 6.03. The van der Waals surface area contributed by atoms with Gasteiger partial charge in [0, 0.05) is 25.8 Å². The van der Waals surface area contributed by atoms with E-state index in [1.54, 1.807) is 18.7 Å². The highest BCUT2D eigenvalue weighted by Crippen LogP contribution is 2.54. The highest BCUT2D eigenvalue weighted by atomic mass is 16.5. The third-order valence-electron chi connectivity index (χ3n) is 6.60. The number of primary amides is 1. The van der Waals surface area contributed by atoms with Crippen LogP contribution in [-0.4, -0.2) is 46.7 Å². The number of carbonyl (C=O) groups excluding carboxylic acids is 2. The number of methoxy groups -OCH3 is 1. The molecule has 1 saturated heterocycles. The van der Waals surface area contributed by atoms with Crippen molar-refractivity contribution in [2.75, 3.05) is 25.9 Å². The van der Waals surface area contributed by atoms with Crippen LogP contribution in [0.2, 0.25) is 0 Å². The van der Waals surface area contributed by atoms with Gasteiger partial charge in [-0.1, -0.05) is 30.2 Å². The van der Waals surface area contributed by atoms with Gasteiger partial charge in [-0.2, -0.15) is 5.10 Å². The van der Waals surface area contributed by atoms with Crippen molar-refractivity contribution in [3.63, 3.8) is 0 Å². The Bertz CT molecular complexity index is 1090. The first-order valence-electron chi connectivity index (χ1n) is 10.8. The molecule has 1 aromatic heterocycles. The standard InChI is InChI=1S/C24H29N5O3/c1-3-5-19(30)28-11-4-10-24(15-28)12-18(13-24)29-22(25)20(23(26)31)21(27-29)17-8-6-16(7-9-17)14-32-2/h6-9,18H,4,10-15,25H2,1-2H3,(H2,26,31)/t18-,24+. The Balaban J connectivity index is 1.56. The molecule has 168 valence electrons. The van der Waals surface area contributed by atoms with E-state index in [1.807, 2.05) is 29.2 Å². The smallest absolute Gasteiger partial charge is 0.298 e. The Morgan fingerprint density at radius 3 is 2.62 bits per heavy atom. The normalized spacial score (nSPS) is 22.2. The van der Waals surface area contributed by atoms with Crippen molar-refractivity contribution in [1.82, 2.24) is 14.7 Å². The fourth-order valence-corrected chi connectivity index (χ4v) is 5.11. The average molecular weight is 436 g/mol. The summed E-state index contributed by atoms with van der Waals surface area (Å²) in [5.41, 5.74) is 14.6. The highest BCUT2D eigenvalue weighted by Gasteiger charge is 2.49. The Morgan fingerprint density at radius 2 is 2.00 bits per heavy atom. The Hall–Kier alpha value is -3.31. The number of rotatable bonds is 5. The Labute approximate surface area is 187 Å². The van der Waals surface area contributed by atoms with Crippen LogP contribution in [-0.2, 0) is 16.1 Å². The lowest BCUT2D eigenvalue weighted by Gasteiger charge is -2.52. The SMILES string of the molecule is CC#CC(=O)N1CCC[C@]2(C1)C[C@@H](n1nc(-c3ccc(COC)cc3)c(C(N)=O)c1N)C2. The lowest BCUT2D eigenvalue weighted by atomic mass is 9.61. The summed E-state index contributed by atoms with van der Waals surface area (Å²) in [4.78, 5) is 26.3. The van der Waals surface area contributed by atoms with Crippen molar-refractivity contribution >= 4 is 17.6 Å². The van der Waals surface area contributed by atoms with E-state index in [2.05, 4.69) is 11.8 Å². The number of carbonyl (C=O) groups is 2. The van der Waals surface area contributed by atoms with Gasteiger partial charge in [0.15, 0.2) is 0 Å².